The molecular weight excluding hydrogens is 316 g/mol. The molecule has 0 radical (unpaired) electrons. The number of ether oxygens (including phenoxy) is 1. The topological polar surface area (TPSA) is 60.3 Å². The van der Waals surface area contributed by atoms with Gasteiger partial charge in [0, 0.05) is 22.8 Å². The molecule has 0 fully saturated rings. The Labute approximate surface area is 145 Å². The zero-order chi connectivity index (χ0) is 18.0. The number of rotatable bonds is 4. The van der Waals surface area contributed by atoms with Crippen LogP contribution in [0.15, 0.2) is 53.3 Å². The Morgan fingerprint density at radius 2 is 1.84 bits per heavy atom. The number of pyridine rings is 1. The molecular formula is C20H20N2O3. The first-order chi connectivity index (χ1) is 12.0. The number of fused-ring (bicyclic) bond motifs is 1. The first-order valence-corrected chi connectivity index (χ1v) is 8.03. The van der Waals surface area contributed by atoms with Crippen LogP contribution in [-0.4, -0.2) is 17.6 Å². The number of amides is 1. The highest BCUT2D eigenvalue weighted by atomic mass is 16.5. The monoisotopic (exact) mass is 336 g/mol. The standard InChI is InChI=1S/C20H20N2O3/c1-13-7-9-15(10-8-13)21-19(24)12-22-14(2)11-17(23)16-5-4-6-18(25-3)20(16)22/h4-11H,12H2,1-3H3,(H,21,24). The molecule has 128 valence electrons. The minimum absolute atomic E-state index is 0.0819. The van der Waals surface area contributed by atoms with Crippen molar-refractivity contribution < 1.29 is 9.53 Å². The molecule has 1 heterocycles. The third-order valence-electron chi connectivity index (χ3n) is 4.16. The van der Waals surface area contributed by atoms with E-state index in [-0.39, 0.29) is 17.9 Å². The van der Waals surface area contributed by atoms with Gasteiger partial charge in [-0.2, -0.15) is 0 Å². The third-order valence-corrected chi connectivity index (χ3v) is 4.16. The lowest BCUT2D eigenvalue weighted by Crippen LogP contribution is -2.22. The molecule has 3 aromatic rings. The van der Waals surface area contributed by atoms with Gasteiger partial charge in [-0.05, 0) is 38.1 Å². The van der Waals surface area contributed by atoms with Gasteiger partial charge in [0.05, 0.1) is 12.6 Å². The Morgan fingerprint density at radius 3 is 2.52 bits per heavy atom. The molecule has 1 N–H and O–H groups in total. The van der Waals surface area contributed by atoms with Gasteiger partial charge in [0.25, 0.3) is 0 Å². The smallest absolute Gasteiger partial charge is 0.244 e. The molecule has 0 saturated carbocycles. The number of anilines is 1. The normalized spacial score (nSPS) is 10.7. The Bertz CT molecular complexity index is 988. The van der Waals surface area contributed by atoms with E-state index in [1.807, 2.05) is 38.1 Å². The number of carbonyl (C=O) groups is 1. The highest BCUT2D eigenvalue weighted by Crippen LogP contribution is 2.24. The van der Waals surface area contributed by atoms with E-state index >= 15 is 0 Å². The van der Waals surface area contributed by atoms with Crippen LogP contribution in [-0.2, 0) is 11.3 Å². The second-order valence-electron chi connectivity index (χ2n) is 6.01. The molecule has 0 aliphatic carbocycles. The molecule has 0 spiro atoms. The van der Waals surface area contributed by atoms with Crippen molar-refractivity contribution in [2.75, 3.05) is 12.4 Å². The van der Waals surface area contributed by atoms with E-state index in [2.05, 4.69) is 5.32 Å². The van der Waals surface area contributed by atoms with Gasteiger partial charge in [-0.3, -0.25) is 9.59 Å². The summed E-state index contributed by atoms with van der Waals surface area (Å²) in [6.45, 7) is 3.90. The van der Waals surface area contributed by atoms with Crippen molar-refractivity contribution >= 4 is 22.5 Å². The van der Waals surface area contributed by atoms with Gasteiger partial charge in [-0.25, -0.2) is 0 Å². The summed E-state index contributed by atoms with van der Waals surface area (Å²) in [5, 5.41) is 3.42. The predicted molar refractivity (Wildman–Crippen MR) is 99.3 cm³/mol. The summed E-state index contributed by atoms with van der Waals surface area (Å²) in [5.41, 5.74) is 3.13. The summed E-state index contributed by atoms with van der Waals surface area (Å²) >= 11 is 0. The molecule has 0 atom stereocenters. The fourth-order valence-corrected chi connectivity index (χ4v) is 2.87. The molecule has 0 aliphatic rings. The van der Waals surface area contributed by atoms with Crippen LogP contribution in [0.4, 0.5) is 5.69 Å². The number of nitrogens with zero attached hydrogens (tertiary/aromatic N) is 1. The third kappa shape index (κ3) is 3.40. The fourth-order valence-electron chi connectivity index (χ4n) is 2.87. The number of carbonyl (C=O) groups excluding carboxylic acids is 1. The number of nitrogens with one attached hydrogen (secondary N) is 1. The number of hydrogen-bond acceptors (Lipinski definition) is 3. The van der Waals surface area contributed by atoms with E-state index < -0.39 is 0 Å². The van der Waals surface area contributed by atoms with E-state index in [4.69, 9.17) is 4.74 Å². The highest BCUT2D eigenvalue weighted by Gasteiger charge is 2.14. The molecule has 5 heteroatoms. The Morgan fingerprint density at radius 1 is 1.12 bits per heavy atom. The van der Waals surface area contributed by atoms with E-state index in [1.165, 1.54) is 0 Å². The number of para-hydroxylation sites is 1. The first kappa shape index (κ1) is 16.8. The van der Waals surface area contributed by atoms with Crippen LogP contribution in [0.3, 0.4) is 0 Å². The molecule has 0 aliphatic heterocycles. The van der Waals surface area contributed by atoms with Crippen molar-refractivity contribution in [3.8, 4) is 5.75 Å². The summed E-state index contributed by atoms with van der Waals surface area (Å²) in [7, 11) is 1.55. The molecule has 2 aromatic carbocycles. The highest BCUT2D eigenvalue weighted by molar-refractivity contribution is 5.93. The summed E-state index contributed by atoms with van der Waals surface area (Å²) in [5.74, 6) is 0.407. The van der Waals surface area contributed by atoms with Gasteiger partial charge in [0.2, 0.25) is 5.91 Å². The van der Waals surface area contributed by atoms with Gasteiger partial charge in [0.15, 0.2) is 5.43 Å². The minimum atomic E-state index is -0.164. The Hall–Kier alpha value is -3.08. The molecule has 3 rings (SSSR count). The molecule has 1 amide bonds. The quantitative estimate of drug-likeness (QED) is 0.795. The average Bonchev–Trinajstić information content (AvgIpc) is 2.60. The molecule has 0 bridgehead atoms. The van der Waals surface area contributed by atoms with E-state index in [0.717, 1.165) is 11.3 Å². The minimum Gasteiger partial charge on any atom is -0.495 e. The number of benzene rings is 2. The predicted octanol–water partition coefficient (Wildman–Crippen LogP) is 3.27. The van der Waals surface area contributed by atoms with E-state index in [1.54, 1.807) is 35.9 Å². The van der Waals surface area contributed by atoms with Crippen LogP contribution in [0.2, 0.25) is 0 Å². The summed E-state index contributed by atoms with van der Waals surface area (Å²) in [6.07, 6.45) is 0. The molecule has 1 aromatic heterocycles. The zero-order valence-electron chi connectivity index (χ0n) is 14.5. The lowest BCUT2D eigenvalue weighted by atomic mass is 10.1. The second-order valence-corrected chi connectivity index (χ2v) is 6.01. The van der Waals surface area contributed by atoms with Gasteiger partial charge < -0.3 is 14.6 Å². The van der Waals surface area contributed by atoms with Crippen molar-refractivity contribution in [2.24, 2.45) is 0 Å². The van der Waals surface area contributed by atoms with Gasteiger partial charge in [-0.1, -0.05) is 23.8 Å². The van der Waals surface area contributed by atoms with E-state index in [0.29, 0.717) is 22.3 Å². The maximum atomic E-state index is 12.5. The largest absolute Gasteiger partial charge is 0.495 e. The fraction of sp³-hybridized carbons (Fsp3) is 0.200. The lowest BCUT2D eigenvalue weighted by molar-refractivity contribution is -0.116. The van der Waals surface area contributed by atoms with Crippen molar-refractivity contribution in [3.63, 3.8) is 0 Å². The molecule has 5 nitrogen and oxygen atoms in total. The second kappa shape index (κ2) is 6.81. The van der Waals surface area contributed by atoms with Crippen molar-refractivity contribution in [3.05, 3.63) is 70.0 Å². The number of aryl methyl sites for hydroxylation is 2. The molecule has 0 unspecified atom stereocenters. The number of aromatic nitrogens is 1. The van der Waals surface area contributed by atoms with Gasteiger partial charge in [0.1, 0.15) is 12.3 Å². The maximum absolute atomic E-state index is 12.5. The SMILES string of the molecule is COc1cccc2c(=O)cc(C)n(CC(=O)Nc3ccc(C)cc3)c12. The maximum Gasteiger partial charge on any atom is 0.244 e. The molecule has 0 saturated heterocycles. The number of hydrogen-bond donors (Lipinski definition) is 1. The van der Waals surface area contributed by atoms with Crippen LogP contribution >= 0.6 is 0 Å². The first-order valence-electron chi connectivity index (χ1n) is 8.03. The lowest BCUT2D eigenvalue weighted by Gasteiger charge is -2.16. The van der Waals surface area contributed by atoms with Crippen molar-refractivity contribution in [1.29, 1.82) is 0 Å². The average molecular weight is 336 g/mol. The Balaban J connectivity index is 1.99. The Kier molecular flexibility index (Phi) is 4.57. The molecule has 25 heavy (non-hydrogen) atoms. The van der Waals surface area contributed by atoms with Crippen LogP contribution in [0.5, 0.6) is 5.75 Å². The van der Waals surface area contributed by atoms with Crippen LogP contribution in [0, 0.1) is 13.8 Å². The van der Waals surface area contributed by atoms with Crippen LogP contribution in [0.25, 0.3) is 10.9 Å². The number of methoxy groups -OCH3 is 1. The van der Waals surface area contributed by atoms with Crippen LogP contribution < -0.4 is 15.5 Å². The van der Waals surface area contributed by atoms with Crippen LogP contribution in [0.1, 0.15) is 11.3 Å². The van der Waals surface area contributed by atoms with Crippen molar-refractivity contribution in [1.82, 2.24) is 4.57 Å². The summed E-state index contributed by atoms with van der Waals surface area (Å²) in [6, 6.07) is 14.5. The zero-order valence-corrected chi connectivity index (χ0v) is 14.5. The van der Waals surface area contributed by atoms with Gasteiger partial charge in [-0.15, -0.1) is 0 Å². The van der Waals surface area contributed by atoms with E-state index in [9.17, 15) is 9.59 Å². The van der Waals surface area contributed by atoms with Gasteiger partial charge >= 0.3 is 0 Å². The summed E-state index contributed by atoms with van der Waals surface area (Å²) < 4.78 is 7.20. The summed E-state index contributed by atoms with van der Waals surface area (Å²) in [4.78, 5) is 24.8. The van der Waals surface area contributed by atoms with Crippen molar-refractivity contribution in [2.45, 2.75) is 20.4 Å².